The number of aromatic nitrogens is 4. The number of nitrogens with zero attached hydrogens (tertiary/aromatic N) is 5. The lowest BCUT2D eigenvalue weighted by Gasteiger charge is -2.31. The molecule has 34 heavy (non-hydrogen) atoms. The van der Waals surface area contributed by atoms with E-state index in [1.54, 1.807) is 24.2 Å². The maximum Gasteiger partial charge on any atom is 0.266 e. The average Bonchev–Trinajstić information content (AvgIpc) is 3.46. The highest BCUT2D eigenvalue weighted by atomic mass is 32.1. The third-order valence-corrected chi connectivity index (χ3v) is 7.64. The van der Waals surface area contributed by atoms with Crippen LogP contribution in [0, 0.1) is 6.92 Å². The molecule has 1 aromatic carbocycles. The van der Waals surface area contributed by atoms with Gasteiger partial charge in [-0.15, -0.1) is 11.3 Å². The Morgan fingerprint density at radius 3 is 2.65 bits per heavy atom. The predicted octanol–water partition coefficient (Wildman–Crippen LogP) is 5.88. The van der Waals surface area contributed by atoms with Crippen LogP contribution in [0.1, 0.15) is 60.2 Å². The van der Waals surface area contributed by atoms with Gasteiger partial charge >= 0.3 is 0 Å². The highest BCUT2D eigenvalue weighted by molar-refractivity contribution is 7.15. The summed E-state index contributed by atoms with van der Waals surface area (Å²) in [6.45, 7) is 4.18. The number of likely N-dealkylation sites (N-methyl/N-ethyl adjacent to an activating group) is 1. The number of halogens is 2. The number of fused-ring (bicyclic) bond motifs is 2. The van der Waals surface area contributed by atoms with Crippen LogP contribution in [0.5, 0.6) is 0 Å². The Bertz CT molecular complexity index is 1460. The van der Waals surface area contributed by atoms with E-state index in [1.165, 1.54) is 11.3 Å². The monoisotopic (exact) mass is 479 g/mol. The molecule has 0 spiro atoms. The SMILES string of the molecule is Cc1ncc(-c2nc3cccc(-c4nc(C5CC5)n5c4CN(C)C(=O)C5C)c3cc2C(F)F)s1. The van der Waals surface area contributed by atoms with E-state index in [1.807, 2.05) is 32.0 Å². The molecule has 1 aliphatic heterocycles. The second-order valence-corrected chi connectivity index (χ2v) is 10.4. The Hall–Kier alpha value is -3.20. The number of aryl methyl sites for hydroxylation is 1. The fourth-order valence-corrected chi connectivity index (χ4v) is 5.69. The molecule has 1 atom stereocenters. The van der Waals surface area contributed by atoms with Crippen LogP contribution in [0.3, 0.4) is 0 Å². The normalized spacial score (nSPS) is 18.2. The Kier molecular flexibility index (Phi) is 4.81. The van der Waals surface area contributed by atoms with E-state index in [0.717, 1.165) is 40.6 Å². The Morgan fingerprint density at radius 2 is 1.97 bits per heavy atom. The predicted molar refractivity (Wildman–Crippen MR) is 127 cm³/mol. The van der Waals surface area contributed by atoms with E-state index < -0.39 is 6.43 Å². The summed E-state index contributed by atoms with van der Waals surface area (Å²) in [4.78, 5) is 29.0. The molecular formula is C25H23F2N5OS. The standard InChI is InChI=1S/C25H23F2N5OS/c1-12-25(33)31(3)11-19-21(30-24(32(12)19)14-7-8-14)15-5-4-6-18-16(15)9-17(23(26)27)22(29-18)20-10-28-13(2)34-20/h4-6,9-10,12,14,23H,7-8,11H2,1-3H3. The lowest BCUT2D eigenvalue weighted by molar-refractivity contribution is -0.135. The summed E-state index contributed by atoms with van der Waals surface area (Å²) in [7, 11) is 1.79. The van der Waals surface area contributed by atoms with Crippen molar-refractivity contribution in [2.75, 3.05) is 7.05 Å². The third kappa shape index (κ3) is 3.25. The molecule has 4 aromatic rings. The van der Waals surface area contributed by atoms with Crippen LogP contribution in [-0.2, 0) is 11.3 Å². The van der Waals surface area contributed by atoms with Gasteiger partial charge in [0.15, 0.2) is 0 Å². The number of carbonyl (C=O) groups is 1. The molecular weight excluding hydrogens is 456 g/mol. The molecule has 174 valence electrons. The molecule has 2 aliphatic rings. The first-order valence-electron chi connectivity index (χ1n) is 11.3. The van der Waals surface area contributed by atoms with Crippen LogP contribution in [-0.4, -0.2) is 37.4 Å². The first-order chi connectivity index (χ1) is 16.3. The van der Waals surface area contributed by atoms with Crippen LogP contribution in [0.2, 0.25) is 0 Å². The van der Waals surface area contributed by atoms with Gasteiger partial charge in [0, 0.05) is 35.7 Å². The first kappa shape index (κ1) is 21.3. The zero-order chi connectivity index (χ0) is 23.7. The molecule has 1 saturated carbocycles. The van der Waals surface area contributed by atoms with Crippen LogP contribution >= 0.6 is 11.3 Å². The number of benzene rings is 1. The van der Waals surface area contributed by atoms with Crippen LogP contribution < -0.4 is 0 Å². The summed E-state index contributed by atoms with van der Waals surface area (Å²) >= 11 is 1.35. The van der Waals surface area contributed by atoms with Crippen LogP contribution in [0.25, 0.3) is 32.7 Å². The van der Waals surface area contributed by atoms with Gasteiger partial charge in [0.2, 0.25) is 5.91 Å². The van der Waals surface area contributed by atoms with Crippen molar-refractivity contribution in [3.8, 4) is 21.8 Å². The molecule has 4 heterocycles. The Balaban J connectivity index is 1.59. The minimum atomic E-state index is -2.68. The van der Waals surface area contributed by atoms with Gasteiger partial charge in [-0.2, -0.15) is 0 Å². The van der Waals surface area contributed by atoms with Crippen LogP contribution in [0.4, 0.5) is 8.78 Å². The molecule has 1 aliphatic carbocycles. The Morgan fingerprint density at radius 1 is 1.18 bits per heavy atom. The minimum Gasteiger partial charge on any atom is -0.338 e. The fraction of sp³-hybridized carbons (Fsp3) is 0.360. The lowest BCUT2D eigenvalue weighted by Crippen LogP contribution is -2.39. The van der Waals surface area contributed by atoms with E-state index in [-0.39, 0.29) is 23.2 Å². The van der Waals surface area contributed by atoms with Crippen molar-refractivity contribution >= 4 is 28.1 Å². The number of amides is 1. The summed E-state index contributed by atoms with van der Waals surface area (Å²) in [6.07, 6.45) is 1.03. The third-order valence-electron chi connectivity index (χ3n) is 6.72. The second-order valence-electron chi connectivity index (χ2n) is 9.12. The average molecular weight is 480 g/mol. The van der Waals surface area contributed by atoms with E-state index in [9.17, 15) is 13.6 Å². The Labute approximate surface area is 199 Å². The number of thiazole rings is 1. The van der Waals surface area contributed by atoms with Crippen molar-refractivity contribution in [1.29, 1.82) is 0 Å². The second kappa shape index (κ2) is 7.66. The highest BCUT2D eigenvalue weighted by Gasteiger charge is 2.38. The summed E-state index contributed by atoms with van der Waals surface area (Å²) in [5.74, 6) is 1.33. The molecule has 3 aromatic heterocycles. The molecule has 0 radical (unpaired) electrons. The fourth-order valence-electron chi connectivity index (χ4n) is 4.90. The lowest BCUT2D eigenvalue weighted by atomic mass is 10.00. The van der Waals surface area contributed by atoms with Gasteiger partial charge in [-0.3, -0.25) is 4.79 Å². The van der Waals surface area contributed by atoms with Gasteiger partial charge in [-0.1, -0.05) is 12.1 Å². The van der Waals surface area contributed by atoms with E-state index in [0.29, 0.717) is 28.2 Å². The molecule has 1 fully saturated rings. The molecule has 1 amide bonds. The quantitative estimate of drug-likeness (QED) is 0.367. The van der Waals surface area contributed by atoms with Gasteiger partial charge in [-0.05, 0) is 38.8 Å². The summed E-state index contributed by atoms with van der Waals surface area (Å²) in [6, 6.07) is 6.86. The van der Waals surface area contributed by atoms with Gasteiger partial charge < -0.3 is 9.47 Å². The van der Waals surface area contributed by atoms with Gasteiger partial charge in [0.1, 0.15) is 11.9 Å². The van der Waals surface area contributed by atoms with E-state index in [2.05, 4.69) is 14.5 Å². The molecule has 9 heteroatoms. The number of imidazole rings is 1. The smallest absolute Gasteiger partial charge is 0.266 e. The number of hydrogen-bond donors (Lipinski definition) is 0. The van der Waals surface area contributed by atoms with Crippen molar-refractivity contribution in [1.82, 2.24) is 24.4 Å². The minimum absolute atomic E-state index is 0.0578. The van der Waals surface area contributed by atoms with Crippen molar-refractivity contribution in [3.05, 3.63) is 52.6 Å². The van der Waals surface area contributed by atoms with Crippen molar-refractivity contribution in [3.63, 3.8) is 0 Å². The van der Waals surface area contributed by atoms with Crippen molar-refractivity contribution in [2.24, 2.45) is 0 Å². The largest absolute Gasteiger partial charge is 0.338 e. The first-order valence-corrected chi connectivity index (χ1v) is 12.2. The highest BCUT2D eigenvalue weighted by Crippen LogP contribution is 2.45. The van der Waals surface area contributed by atoms with E-state index in [4.69, 9.17) is 4.98 Å². The summed E-state index contributed by atoms with van der Waals surface area (Å²) in [5.41, 5.74) is 3.26. The summed E-state index contributed by atoms with van der Waals surface area (Å²) in [5, 5.41) is 1.44. The van der Waals surface area contributed by atoms with E-state index >= 15 is 0 Å². The zero-order valence-electron chi connectivity index (χ0n) is 19.0. The number of rotatable bonds is 4. The van der Waals surface area contributed by atoms with Crippen molar-refractivity contribution in [2.45, 2.75) is 51.6 Å². The molecule has 0 saturated heterocycles. The van der Waals surface area contributed by atoms with Crippen LogP contribution in [0.15, 0.2) is 30.5 Å². The van der Waals surface area contributed by atoms with Gasteiger partial charge in [-0.25, -0.2) is 23.7 Å². The van der Waals surface area contributed by atoms with Crippen molar-refractivity contribution < 1.29 is 13.6 Å². The van der Waals surface area contributed by atoms with Gasteiger partial charge in [0.25, 0.3) is 6.43 Å². The maximum absolute atomic E-state index is 14.2. The number of carbonyl (C=O) groups excluding carboxylic acids is 1. The number of pyridine rings is 1. The molecule has 1 unspecified atom stereocenters. The van der Waals surface area contributed by atoms with Gasteiger partial charge in [0.05, 0.1) is 39.0 Å². The number of hydrogen-bond acceptors (Lipinski definition) is 5. The number of alkyl halides is 2. The summed E-state index contributed by atoms with van der Waals surface area (Å²) < 4.78 is 30.5. The topological polar surface area (TPSA) is 63.9 Å². The zero-order valence-corrected chi connectivity index (χ0v) is 19.9. The molecule has 6 rings (SSSR count). The molecule has 0 N–H and O–H groups in total. The maximum atomic E-state index is 14.2. The molecule has 0 bridgehead atoms. The molecule has 6 nitrogen and oxygen atoms in total.